The number of benzene rings is 1. The fourth-order valence-corrected chi connectivity index (χ4v) is 5.55. The average molecular weight is 387 g/mol. The Bertz CT molecular complexity index is 719. The Hall–Kier alpha value is -0.920. The topological polar surface area (TPSA) is 72.2 Å². The molecule has 1 aromatic carbocycles. The van der Waals surface area contributed by atoms with Gasteiger partial charge in [0.1, 0.15) is 4.88 Å². The minimum Gasteiger partial charge on any atom is -0.397 e. The van der Waals surface area contributed by atoms with Crippen LogP contribution in [0.15, 0.2) is 22.7 Å². The molecule has 3 rings (SSSR count). The molecule has 112 valence electrons. The fourth-order valence-electron chi connectivity index (χ4n) is 2.49. The molecule has 0 aliphatic carbocycles. The summed E-state index contributed by atoms with van der Waals surface area (Å²) < 4.78 is 13.2. The van der Waals surface area contributed by atoms with Gasteiger partial charge >= 0.3 is 0 Å². The van der Waals surface area contributed by atoms with Crippen LogP contribution in [-0.2, 0) is 10.8 Å². The molecule has 2 heterocycles. The Balaban J connectivity index is 1.83. The highest BCUT2D eigenvalue weighted by atomic mass is 79.9. The molecule has 1 saturated heterocycles. The highest BCUT2D eigenvalue weighted by Crippen LogP contribution is 2.38. The lowest BCUT2D eigenvalue weighted by atomic mass is 10.1. The molecule has 0 saturated carbocycles. The maximum Gasteiger partial charge on any atom is 0.263 e. The van der Waals surface area contributed by atoms with E-state index in [0.29, 0.717) is 22.1 Å². The second-order valence-electron chi connectivity index (χ2n) is 5.05. The number of rotatable bonds is 2. The van der Waals surface area contributed by atoms with Gasteiger partial charge in [0.05, 0.1) is 5.69 Å². The van der Waals surface area contributed by atoms with Gasteiger partial charge in [0.15, 0.2) is 0 Å². The second kappa shape index (κ2) is 6.06. The van der Waals surface area contributed by atoms with Crippen LogP contribution in [0.4, 0.5) is 5.69 Å². The zero-order valence-electron chi connectivity index (χ0n) is 11.2. The predicted molar refractivity (Wildman–Crippen MR) is 92.3 cm³/mol. The lowest BCUT2D eigenvalue weighted by Gasteiger charge is -2.22. The van der Waals surface area contributed by atoms with Gasteiger partial charge in [0.25, 0.3) is 5.91 Å². The Morgan fingerprint density at radius 1 is 1.38 bits per heavy atom. The summed E-state index contributed by atoms with van der Waals surface area (Å²) in [6.45, 7) is 0. The largest absolute Gasteiger partial charge is 0.397 e. The molecule has 7 heteroatoms. The summed E-state index contributed by atoms with van der Waals surface area (Å²) in [5.41, 5.74) is 6.67. The van der Waals surface area contributed by atoms with Gasteiger partial charge in [-0.2, -0.15) is 0 Å². The maximum absolute atomic E-state index is 12.4. The molecule has 1 amide bonds. The fraction of sp³-hybridized carbons (Fsp3) is 0.357. The van der Waals surface area contributed by atoms with E-state index in [1.54, 1.807) is 0 Å². The van der Waals surface area contributed by atoms with Gasteiger partial charge in [-0.3, -0.25) is 9.00 Å². The lowest BCUT2D eigenvalue weighted by Crippen LogP contribution is -2.39. The first-order valence-corrected chi connectivity index (χ1v) is 9.78. The Labute approximate surface area is 137 Å². The van der Waals surface area contributed by atoms with Crippen molar-refractivity contribution in [2.75, 3.05) is 17.2 Å². The van der Waals surface area contributed by atoms with E-state index in [9.17, 15) is 9.00 Å². The molecule has 0 atom stereocenters. The van der Waals surface area contributed by atoms with Crippen LogP contribution in [0.5, 0.6) is 0 Å². The Morgan fingerprint density at radius 2 is 2.10 bits per heavy atom. The Morgan fingerprint density at radius 3 is 2.76 bits per heavy atom. The summed E-state index contributed by atoms with van der Waals surface area (Å²) in [6.07, 6.45) is 1.54. The van der Waals surface area contributed by atoms with Crippen molar-refractivity contribution in [3.8, 4) is 0 Å². The summed E-state index contributed by atoms with van der Waals surface area (Å²) in [7, 11) is -0.720. The number of halogens is 1. The number of nitrogens with two attached hydrogens (primary N) is 1. The van der Waals surface area contributed by atoms with Crippen molar-refractivity contribution >= 4 is 59.7 Å². The van der Waals surface area contributed by atoms with E-state index in [0.717, 1.165) is 27.4 Å². The normalized spacial score (nSPS) is 22.3. The zero-order valence-corrected chi connectivity index (χ0v) is 14.4. The van der Waals surface area contributed by atoms with Gasteiger partial charge in [0.2, 0.25) is 0 Å². The van der Waals surface area contributed by atoms with Crippen LogP contribution in [0, 0.1) is 0 Å². The third-order valence-electron chi connectivity index (χ3n) is 3.63. The number of amides is 1. The van der Waals surface area contributed by atoms with Crippen LogP contribution in [0.25, 0.3) is 10.1 Å². The predicted octanol–water partition coefficient (Wildman–Crippen LogP) is 2.89. The zero-order chi connectivity index (χ0) is 15.0. The van der Waals surface area contributed by atoms with Gasteiger partial charge in [-0.25, -0.2) is 0 Å². The van der Waals surface area contributed by atoms with Crippen molar-refractivity contribution in [1.82, 2.24) is 5.32 Å². The molecule has 4 nitrogen and oxygen atoms in total. The molecule has 0 radical (unpaired) electrons. The number of nitrogens with one attached hydrogen (secondary N) is 1. The molecule has 1 aromatic heterocycles. The number of hydrogen-bond acceptors (Lipinski definition) is 4. The monoisotopic (exact) mass is 386 g/mol. The SMILES string of the molecule is Nc1c(C(=O)NC2CCS(=O)CC2)sc2cccc(Br)c12. The van der Waals surface area contributed by atoms with E-state index < -0.39 is 10.8 Å². The number of nitrogen functional groups attached to an aromatic ring is 1. The van der Waals surface area contributed by atoms with Crippen molar-refractivity contribution in [3.05, 3.63) is 27.5 Å². The van der Waals surface area contributed by atoms with E-state index in [1.165, 1.54) is 11.3 Å². The minimum absolute atomic E-state index is 0.100. The van der Waals surface area contributed by atoms with Gasteiger partial charge in [-0.05, 0) is 25.0 Å². The van der Waals surface area contributed by atoms with Crippen LogP contribution in [0.2, 0.25) is 0 Å². The Kier molecular flexibility index (Phi) is 4.33. The van der Waals surface area contributed by atoms with E-state index in [2.05, 4.69) is 21.2 Å². The van der Waals surface area contributed by atoms with Gasteiger partial charge < -0.3 is 11.1 Å². The van der Waals surface area contributed by atoms with Crippen molar-refractivity contribution in [2.45, 2.75) is 18.9 Å². The van der Waals surface area contributed by atoms with Crippen LogP contribution >= 0.6 is 27.3 Å². The number of carbonyl (C=O) groups excluding carboxylic acids is 1. The molecule has 0 bridgehead atoms. The van der Waals surface area contributed by atoms with Crippen molar-refractivity contribution in [1.29, 1.82) is 0 Å². The first-order valence-electron chi connectivity index (χ1n) is 6.68. The van der Waals surface area contributed by atoms with Gasteiger partial charge in [-0.1, -0.05) is 22.0 Å². The molecular weight excluding hydrogens is 372 g/mol. The second-order valence-corrected chi connectivity index (χ2v) is 8.66. The first kappa shape index (κ1) is 15.0. The molecule has 1 aliphatic rings. The number of anilines is 1. The van der Waals surface area contributed by atoms with Gasteiger partial charge in [-0.15, -0.1) is 11.3 Å². The van der Waals surface area contributed by atoms with E-state index in [1.807, 2.05) is 18.2 Å². The van der Waals surface area contributed by atoms with Crippen molar-refractivity contribution in [2.24, 2.45) is 0 Å². The van der Waals surface area contributed by atoms with E-state index >= 15 is 0 Å². The number of hydrogen-bond donors (Lipinski definition) is 2. The highest BCUT2D eigenvalue weighted by molar-refractivity contribution is 9.10. The van der Waals surface area contributed by atoms with Crippen LogP contribution in [0.3, 0.4) is 0 Å². The van der Waals surface area contributed by atoms with E-state index in [-0.39, 0.29) is 11.9 Å². The number of carbonyl (C=O) groups is 1. The van der Waals surface area contributed by atoms with Crippen LogP contribution < -0.4 is 11.1 Å². The third kappa shape index (κ3) is 3.00. The summed E-state index contributed by atoms with van der Waals surface area (Å²) in [6, 6.07) is 5.91. The van der Waals surface area contributed by atoms with Gasteiger partial charge in [0, 0.05) is 42.9 Å². The summed E-state index contributed by atoms with van der Waals surface area (Å²) in [4.78, 5) is 13.0. The molecule has 1 aliphatic heterocycles. The summed E-state index contributed by atoms with van der Waals surface area (Å²) in [5.74, 6) is 1.20. The summed E-state index contributed by atoms with van der Waals surface area (Å²) in [5, 5.41) is 3.92. The molecule has 1 fully saturated rings. The maximum atomic E-state index is 12.4. The molecule has 0 unspecified atom stereocenters. The average Bonchev–Trinajstić information content (AvgIpc) is 2.80. The van der Waals surface area contributed by atoms with Crippen LogP contribution in [-0.4, -0.2) is 27.7 Å². The smallest absolute Gasteiger partial charge is 0.263 e. The molecule has 3 N–H and O–H groups in total. The van der Waals surface area contributed by atoms with Crippen molar-refractivity contribution in [3.63, 3.8) is 0 Å². The molecule has 21 heavy (non-hydrogen) atoms. The number of fused-ring (bicyclic) bond motifs is 1. The van der Waals surface area contributed by atoms with Crippen molar-refractivity contribution < 1.29 is 9.00 Å². The lowest BCUT2D eigenvalue weighted by molar-refractivity contribution is 0.0939. The minimum atomic E-state index is -0.720. The first-order chi connectivity index (χ1) is 10.1. The van der Waals surface area contributed by atoms with E-state index in [4.69, 9.17) is 5.73 Å². The third-order valence-corrected chi connectivity index (χ3v) is 6.84. The van der Waals surface area contributed by atoms with Crippen LogP contribution in [0.1, 0.15) is 22.5 Å². The summed E-state index contributed by atoms with van der Waals surface area (Å²) >= 11 is 4.88. The quantitative estimate of drug-likeness (QED) is 0.833. The molecule has 0 spiro atoms. The number of thiophene rings is 1. The standard InChI is InChI=1S/C14H15BrN2O2S2/c15-9-2-1-3-10-11(9)12(16)13(20-10)14(18)17-8-4-6-21(19)7-5-8/h1-3,8H,4-7,16H2,(H,17,18). The molecule has 2 aromatic rings. The highest BCUT2D eigenvalue weighted by Gasteiger charge is 2.23. The molecular formula is C14H15BrN2O2S2.